The van der Waals surface area contributed by atoms with Gasteiger partial charge in [-0.1, -0.05) is 17.7 Å². The maximum absolute atomic E-state index is 12.8. The van der Waals surface area contributed by atoms with Gasteiger partial charge in [0, 0.05) is 5.69 Å². The lowest BCUT2D eigenvalue weighted by molar-refractivity contribution is 0.0600. The van der Waals surface area contributed by atoms with Crippen LogP contribution in [0, 0.1) is 6.92 Å². The van der Waals surface area contributed by atoms with Gasteiger partial charge in [-0.2, -0.15) is 9.78 Å². The largest absolute Gasteiger partial charge is 0.494 e. The van der Waals surface area contributed by atoms with Gasteiger partial charge in [-0.15, -0.1) is 0 Å². The number of amides is 1. The monoisotopic (exact) mass is 393 g/mol. The molecule has 0 aliphatic carbocycles. The molecule has 1 N–H and O–H groups in total. The van der Waals surface area contributed by atoms with Crippen molar-refractivity contribution in [3.63, 3.8) is 0 Å². The van der Waals surface area contributed by atoms with Crippen LogP contribution in [0.1, 0.15) is 26.4 Å². The molecule has 0 aliphatic rings. The summed E-state index contributed by atoms with van der Waals surface area (Å²) in [7, 11) is 2.65. The van der Waals surface area contributed by atoms with Crippen LogP contribution in [0.4, 0.5) is 5.69 Å². The van der Waals surface area contributed by atoms with Gasteiger partial charge in [0.2, 0.25) is 0 Å². The van der Waals surface area contributed by atoms with Crippen molar-refractivity contribution in [2.24, 2.45) is 0 Å². The van der Waals surface area contributed by atoms with Crippen molar-refractivity contribution in [2.75, 3.05) is 19.5 Å². The van der Waals surface area contributed by atoms with Crippen LogP contribution in [0.3, 0.4) is 0 Å². The summed E-state index contributed by atoms with van der Waals surface area (Å²) in [4.78, 5) is 36.7. The highest BCUT2D eigenvalue weighted by Crippen LogP contribution is 2.17. The van der Waals surface area contributed by atoms with Crippen LogP contribution in [0.15, 0.2) is 59.4 Å². The van der Waals surface area contributed by atoms with Crippen LogP contribution >= 0.6 is 0 Å². The number of anilines is 1. The number of hydrogen-bond acceptors (Lipinski definition) is 6. The molecule has 0 saturated heterocycles. The highest BCUT2D eigenvalue weighted by atomic mass is 16.5. The van der Waals surface area contributed by atoms with Gasteiger partial charge in [0.15, 0.2) is 11.4 Å². The van der Waals surface area contributed by atoms with E-state index in [1.165, 1.54) is 32.4 Å². The fourth-order valence-electron chi connectivity index (χ4n) is 2.62. The first-order valence-electron chi connectivity index (χ1n) is 8.68. The van der Waals surface area contributed by atoms with Crippen molar-refractivity contribution in [1.82, 2.24) is 9.78 Å². The summed E-state index contributed by atoms with van der Waals surface area (Å²) in [5.41, 5.74) is 1.88. The predicted octanol–water partition coefficient (Wildman–Crippen LogP) is 2.59. The number of carbonyl (C=O) groups is 2. The number of esters is 1. The van der Waals surface area contributed by atoms with Crippen molar-refractivity contribution in [3.8, 4) is 11.4 Å². The first kappa shape index (κ1) is 19.8. The van der Waals surface area contributed by atoms with Crippen molar-refractivity contribution in [2.45, 2.75) is 6.92 Å². The highest BCUT2D eigenvalue weighted by molar-refractivity contribution is 6.04. The first-order valence-corrected chi connectivity index (χ1v) is 8.68. The molecule has 2 aromatic carbocycles. The van der Waals surface area contributed by atoms with Gasteiger partial charge in [0.1, 0.15) is 0 Å². The van der Waals surface area contributed by atoms with E-state index in [1.807, 2.05) is 19.1 Å². The van der Waals surface area contributed by atoms with Gasteiger partial charge in [-0.25, -0.2) is 4.79 Å². The molecule has 0 saturated carbocycles. The average Bonchev–Trinajstić information content (AvgIpc) is 2.74. The SMILES string of the molecule is COC(=O)c1ccc(NC(=O)c2nn(-c3ccc(C)cc3)c(=O)cc2OC)cc1. The fourth-order valence-corrected chi connectivity index (χ4v) is 2.62. The Morgan fingerprint density at radius 1 is 1.00 bits per heavy atom. The first-order chi connectivity index (χ1) is 13.9. The Labute approximate surface area is 166 Å². The van der Waals surface area contributed by atoms with Crippen LogP contribution in [-0.4, -0.2) is 35.9 Å². The Bertz CT molecular complexity index is 1100. The lowest BCUT2D eigenvalue weighted by Gasteiger charge is -2.12. The van der Waals surface area contributed by atoms with E-state index >= 15 is 0 Å². The Balaban J connectivity index is 1.93. The maximum atomic E-state index is 12.8. The maximum Gasteiger partial charge on any atom is 0.337 e. The number of nitrogens with zero attached hydrogens (tertiary/aromatic N) is 2. The molecule has 1 amide bonds. The number of rotatable bonds is 5. The quantitative estimate of drug-likeness (QED) is 0.669. The molecule has 0 unspecified atom stereocenters. The second-order valence-corrected chi connectivity index (χ2v) is 6.17. The minimum Gasteiger partial charge on any atom is -0.494 e. The van der Waals surface area contributed by atoms with E-state index in [-0.39, 0.29) is 11.4 Å². The Morgan fingerprint density at radius 2 is 1.66 bits per heavy atom. The van der Waals surface area contributed by atoms with Crippen LogP contribution < -0.4 is 15.6 Å². The van der Waals surface area contributed by atoms with E-state index in [1.54, 1.807) is 24.3 Å². The summed E-state index contributed by atoms with van der Waals surface area (Å²) in [5.74, 6) is -0.980. The van der Waals surface area contributed by atoms with E-state index in [0.29, 0.717) is 16.9 Å². The number of benzene rings is 2. The molecule has 0 spiro atoms. The van der Waals surface area contributed by atoms with Gasteiger partial charge < -0.3 is 14.8 Å². The summed E-state index contributed by atoms with van der Waals surface area (Å²) < 4.78 is 10.9. The van der Waals surface area contributed by atoms with E-state index in [2.05, 4.69) is 15.2 Å². The predicted molar refractivity (Wildman–Crippen MR) is 107 cm³/mol. The van der Waals surface area contributed by atoms with E-state index in [9.17, 15) is 14.4 Å². The molecule has 0 bridgehead atoms. The van der Waals surface area contributed by atoms with E-state index < -0.39 is 17.4 Å². The van der Waals surface area contributed by atoms with Crippen LogP contribution in [0.2, 0.25) is 0 Å². The number of methoxy groups -OCH3 is 2. The zero-order valence-electron chi connectivity index (χ0n) is 16.1. The van der Waals surface area contributed by atoms with Gasteiger partial charge >= 0.3 is 5.97 Å². The molecular weight excluding hydrogens is 374 g/mol. The lowest BCUT2D eigenvalue weighted by atomic mass is 10.2. The van der Waals surface area contributed by atoms with Crippen LogP contribution in [-0.2, 0) is 4.74 Å². The van der Waals surface area contributed by atoms with Gasteiger partial charge in [-0.3, -0.25) is 9.59 Å². The topological polar surface area (TPSA) is 99.5 Å². The summed E-state index contributed by atoms with van der Waals surface area (Å²) >= 11 is 0. The molecule has 0 fully saturated rings. The molecular formula is C21H19N3O5. The molecule has 29 heavy (non-hydrogen) atoms. The van der Waals surface area contributed by atoms with Gasteiger partial charge in [0.05, 0.1) is 31.5 Å². The summed E-state index contributed by atoms with van der Waals surface area (Å²) in [6.07, 6.45) is 0. The van der Waals surface area contributed by atoms with Gasteiger partial charge in [-0.05, 0) is 43.3 Å². The molecule has 8 heteroatoms. The zero-order valence-corrected chi connectivity index (χ0v) is 16.1. The number of aryl methyl sites for hydroxylation is 1. The number of ether oxygens (including phenoxy) is 2. The third-order valence-corrected chi connectivity index (χ3v) is 4.17. The zero-order chi connectivity index (χ0) is 21.0. The molecule has 0 aliphatic heterocycles. The summed E-state index contributed by atoms with van der Waals surface area (Å²) in [6.45, 7) is 1.93. The molecule has 3 rings (SSSR count). The number of nitrogens with one attached hydrogen (secondary N) is 1. The minimum absolute atomic E-state index is 0.0512. The molecule has 8 nitrogen and oxygen atoms in total. The Kier molecular flexibility index (Phi) is 5.73. The fraction of sp³-hybridized carbons (Fsp3) is 0.143. The van der Waals surface area contributed by atoms with Gasteiger partial charge in [0.25, 0.3) is 11.5 Å². The second kappa shape index (κ2) is 8.39. The molecule has 1 aromatic heterocycles. The normalized spacial score (nSPS) is 10.3. The summed E-state index contributed by atoms with van der Waals surface area (Å²) in [5, 5.41) is 6.87. The van der Waals surface area contributed by atoms with E-state index in [4.69, 9.17) is 4.74 Å². The van der Waals surface area contributed by atoms with Crippen LogP contribution in [0.5, 0.6) is 5.75 Å². The molecule has 0 radical (unpaired) electrons. The molecule has 0 atom stereocenters. The second-order valence-electron chi connectivity index (χ2n) is 6.17. The molecule has 148 valence electrons. The van der Waals surface area contributed by atoms with Crippen molar-refractivity contribution < 1.29 is 19.1 Å². The third-order valence-electron chi connectivity index (χ3n) is 4.17. The minimum atomic E-state index is -0.562. The number of carbonyl (C=O) groups excluding carboxylic acids is 2. The van der Waals surface area contributed by atoms with Crippen molar-refractivity contribution >= 4 is 17.6 Å². The van der Waals surface area contributed by atoms with Crippen molar-refractivity contribution in [3.05, 3.63) is 81.8 Å². The Morgan fingerprint density at radius 3 is 2.24 bits per heavy atom. The standard InChI is InChI=1S/C21H19N3O5/c1-13-4-10-16(11-5-13)24-18(25)12-17(28-2)19(23-24)20(26)22-15-8-6-14(7-9-15)21(27)29-3/h4-12H,1-3H3,(H,22,26). The molecule has 1 heterocycles. The third kappa shape index (κ3) is 4.32. The summed E-state index contributed by atoms with van der Waals surface area (Å²) in [6, 6.07) is 14.6. The lowest BCUT2D eigenvalue weighted by Crippen LogP contribution is -2.26. The molecule has 3 aromatic rings. The highest BCUT2D eigenvalue weighted by Gasteiger charge is 2.18. The number of hydrogen-bond donors (Lipinski definition) is 1. The smallest absolute Gasteiger partial charge is 0.337 e. The number of aromatic nitrogens is 2. The Hall–Kier alpha value is -3.94. The average molecular weight is 393 g/mol. The van der Waals surface area contributed by atoms with Crippen molar-refractivity contribution in [1.29, 1.82) is 0 Å². The van der Waals surface area contributed by atoms with Crippen LogP contribution in [0.25, 0.3) is 5.69 Å². The van der Waals surface area contributed by atoms with E-state index in [0.717, 1.165) is 10.2 Å².